The Morgan fingerprint density at radius 3 is 2.95 bits per heavy atom. The number of nitrogens with zero attached hydrogens (tertiary/aromatic N) is 4. The van der Waals surface area contributed by atoms with E-state index in [0.29, 0.717) is 18.8 Å². The van der Waals surface area contributed by atoms with Crippen LogP contribution in [0.25, 0.3) is 11.0 Å². The SMILES string of the molecule is Cc1nc2ccccc2n1CCNC(=O)c1cnccn1. The average Bonchev–Trinajstić information content (AvgIpc) is 2.84. The molecule has 21 heavy (non-hydrogen) atoms. The van der Waals surface area contributed by atoms with E-state index in [1.807, 2.05) is 31.2 Å². The molecule has 1 N–H and O–H groups in total. The summed E-state index contributed by atoms with van der Waals surface area (Å²) < 4.78 is 2.09. The van der Waals surface area contributed by atoms with Gasteiger partial charge in [0.05, 0.1) is 17.2 Å². The van der Waals surface area contributed by atoms with Gasteiger partial charge in [0.2, 0.25) is 0 Å². The zero-order valence-corrected chi connectivity index (χ0v) is 11.7. The van der Waals surface area contributed by atoms with Crippen molar-refractivity contribution in [1.82, 2.24) is 24.8 Å². The molecule has 3 aromatic rings. The Labute approximate surface area is 121 Å². The second kappa shape index (κ2) is 5.70. The number of nitrogens with one attached hydrogen (secondary N) is 1. The smallest absolute Gasteiger partial charge is 0.271 e. The molecule has 0 aliphatic carbocycles. The first-order valence-corrected chi connectivity index (χ1v) is 6.72. The van der Waals surface area contributed by atoms with Gasteiger partial charge in [-0.1, -0.05) is 12.1 Å². The minimum Gasteiger partial charge on any atom is -0.349 e. The summed E-state index contributed by atoms with van der Waals surface area (Å²) in [4.78, 5) is 24.2. The van der Waals surface area contributed by atoms with E-state index in [2.05, 4.69) is 24.8 Å². The van der Waals surface area contributed by atoms with Gasteiger partial charge in [-0.2, -0.15) is 0 Å². The third-order valence-electron chi connectivity index (χ3n) is 3.26. The van der Waals surface area contributed by atoms with Crippen molar-refractivity contribution >= 4 is 16.9 Å². The summed E-state index contributed by atoms with van der Waals surface area (Å²) in [7, 11) is 0. The van der Waals surface area contributed by atoms with E-state index in [9.17, 15) is 4.79 Å². The van der Waals surface area contributed by atoms with E-state index in [1.165, 1.54) is 18.6 Å². The third-order valence-corrected chi connectivity index (χ3v) is 3.26. The summed E-state index contributed by atoms with van der Waals surface area (Å²) >= 11 is 0. The van der Waals surface area contributed by atoms with Crippen molar-refractivity contribution in [2.24, 2.45) is 0 Å². The Morgan fingerprint density at radius 2 is 2.14 bits per heavy atom. The highest BCUT2D eigenvalue weighted by Gasteiger charge is 2.08. The van der Waals surface area contributed by atoms with Gasteiger partial charge in [-0.25, -0.2) is 9.97 Å². The lowest BCUT2D eigenvalue weighted by Gasteiger charge is -2.08. The van der Waals surface area contributed by atoms with Crippen LogP contribution in [-0.2, 0) is 6.54 Å². The maximum Gasteiger partial charge on any atom is 0.271 e. The summed E-state index contributed by atoms with van der Waals surface area (Å²) in [6.45, 7) is 3.14. The molecule has 2 heterocycles. The molecule has 6 heteroatoms. The number of para-hydroxylation sites is 2. The van der Waals surface area contributed by atoms with Crippen LogP contribution < -0.4 is 5.32 Å². The number of carbonyl (C=O) groups is 1. The number of imidazole rings is 1. The van der Waals surface area contributed by atoms with Crippen LogP contribution in [0.2, 0.25) is 0 Å². The van der Waals surface area contributed by atoms with Crippen molar-refractivity contribution in [2.75, 3.05) is 6.54 Å². The van der Waals surface area contributed by atoms with E-state index in [0.717, 1.165) is 16.9 Å². The molecule has 0 aliphatic heterocycles. The Hall–Kier alpha value is -2.76. The van der Waals surface area contributed by atoms with Crippen molar-refractivity contribution in [3.63, 3.8) is 0 Å². The van der Waals surface area contributed by atoms with Gasteiger partial charge < -0.3 is 9.88 Å². The van der Waals surface area contributed by atoms with Gasteiger partial charge >= 0.3 is 0 Å². The fraction of sp³-hybridized carbons (Fsp3) is 0.200. The second-order valence-electron chi connectivity index (χ2n) is 4.65. The lowest BCUT2D eigenvalue weighted by Crippen LogP contribution is -2.28. The number of aromatic nitrogens is 4. The van der Waals surface area contributed by atoms with Crippen LogP contribution in [0.15, 0.2) is 42.9 Å². The highest BCUT2D eigenvalue weighted by molar-refractivity contribution is 5.91. The third kappa shape index (κ3) is 2.74. The molecule has 0 spiro atoms. The van der Waals surface area contributed by atoms with Crippen molar-refractivity contribution < 1.29 is 4.79 Å². The molecular weight excluding hydrogens is 266 g/mol. The Bertz CT molecular complexity index is 766. The first kappa shape index (κ1) is 13.2. The number of aryl methyl sites for hydroxylation is 1. The highest BCUT2D eigenvalue weighted by atomic mass is 16.1. The average molecular weight is 281 g/mol. The van der Waals surface area contributed by atoms with Crippen LogP contribution in [0.4, 0.5) is 0 Å². The van der Waals surface area contributed by atoms with E-state index >= 15 is 0 Å². The van der Waals surface area contributed by atoms with Gasteiger partial charge in [0, 0.05) is 25.5 Å². The fourth-order valence-electron chi connectivity index (χ4n) is 2.27. The predicted octanol–water partition coefficient (Wildman–Crippen LogP) is 1.56. The van der Waals surface area contributed by atoms with Gasteiger partial charge in [0.15, 0.2) is 0 Å². The molecule has 0 bridgehead atoms. The number of carbonyl (C=O) groups excluding carboxylic acids is 1. The summed E-state index contributed by atoms with van der Waals surface area (Å²) in [6.07, 6.45) is 4.49. The molecule has 0 atom stereocenters. The number of amides is 1. The molecule has 0 unspecified atom stereocenters. The van der Waals surface area contributed by atoms with Crippen molar-refractivity contribution in [3.05, 3.63) is 54.4 Å². The Kier molecular flexibility index (Phi) is 3.59. The number of fused-ring (bicyclic) bond motifs is 1. The molecule has 0 radical (unpaired) electrons. The Balaban J connectivity index is 1.67. The Morgan fingerprint density at radius 1 is 1.29 bits per heavy atom. The first-order chi connectivity index (χ1) is 10.3. The van der Waals surface area contributed by atoms with E-state index in [4.69, 9.17) is 0 Å². The molecule has 0 fully saturated rings. The summed E-state index contributed by atoms with van der Waals surface area (Å²) in [5, 5.41) is 2.84. The van der Waals surface area contributed by atoms with Gasteiger partial charge in [-0.05, 0) is 19.1 Å². The molecule has 106 valence electrons. The topological polar surface area (TPSA) is 72.7 Å². The lowest BCUT2D eigenvalue weighted by molar-refractivity contribution is 0.0947. The van der Waals surface area contributed by atoms with Gasteiger partial charge in [0.1, 0.15) is 11.5 Å². The van der Waals surface area contributed by atoms with Crippen LogP contribution in [0.5, 0.6) is 0 Å². The lowest BCUT2D eigenvalue weighted by atomic mass is 10.3. The molecule has 2 aromatic heterocycles. The first-order valence-electron chi connectivity index (χ1n) is 6.72. The number of rotatable bonds is 4. The number of hydrogen-bond acceptors (Lipinski definition) is 4. The molecular formula is C15H15N5O. The number of hydrogen-bond donors (Lipinski definition) is 1. The number of benzene rings is 1. The molecule has 1 amide bonds. The van der Waals surface area contributed by atoms with Crippen LogP contribution in [-0.4, -0.2) is 32.0 Å². The van der Waals surface area contributed by atoms with Crippen LogP contribution >= 0.6 is 0 Å². The van der Waals surface area contributed by atoms with Crippen molar-refractivity contribution in [1.29, 1.82) is 0 Å². The van der Waals surface area contributed by atoms with E-state index in [1.54, 1.807) is 0 Å². The zero-order chi connectivity index (χ0) is 14.7. The van der Waals surface area contributed by atoms with Crippen molar-refractivity contribution in [3.8, 4) is 0 Å². The zero-order valence-electron chi connectivity index (χ0n) is 11.7. The summed E-state index contributed by atoms with van der Waals surface area (Å²) in [5.74, 6) is 0.718. The molecule has 0 saturated heterocycles. The van der Waals surface area contributed by atoms with Crippen LogP contribution in [0.1, 0.15) is 16.3 Å². The van der Waals surface area contributed by atoms with Crippen LogP contribution in [0.3, 0.4) is 0 Å². The monoisotopic (exact) mass is 281 g/mol. The fourth-order valence-corrected chi connectivity index (χ4v) is 2.27. The van der Waals surface area contributed by atoms with Gasteiger partial charge in [0.25, 0.3) is 5.91 Å². The minimum atomic E-state index is -0.217. The van der Waals surface area contributed by atoms with E-state index in [-0.39, 0.29) is 5.91 Å². The van der Waals surface area contributed by atoms with Gasteiger partial charge in [-0.15, -0.1) is 0 Å². The largest absolute Gasteiger partial charge is 0.349 e. The maximum absolute atomic E-state index is 11.9. The second-order valence-corrected chi connectivity index (χ2v) is 4.65. The molecule has 6 nitrogen and oxygen atoms in total. The molecule has 3 rings (SSSR count). The van der Waals surface area contributed by atoms with Gasteiger partial charge in [-0.3, -0.25) is 9.78 Å². The summed E-state index contributed by atoms with van der Waals surface area (Å²) in [5.41, 5.74) is 2.36. The minimum absolute atomic E-state index is 0.217. The molecule has 0 aliphatic rings. The maximum atomic E-state index is 11.9. The summed E-state index contributed by atoms with van der Waals surface area (Å²) in [6, 6.07) is 7.96. The quantitative estimate of drug-likeness (QED) is 0.787. The normalized spacial score (nSPS) is 10.7. The molecule has 0 saturated carbocycles. The predicted molar refractivity (Wildman–Crippen MR) is 78.8 cm³/mol. The van der Waals surface area contributed by atoms with E-state index < -0.39 is 0 Å². The van der Waals surface area contributed by atoms with Crippen LogP contribution in [0, 0.1) is 6.92 Å². The highest BCUT2D eigenvalue weighted by Crippen LogP contribution is 2.14. The standard InChI is InChI=1S/C15H15N5O/c1-11-19-12-4-2-3-5-14(12)20(11)9-8-18-15(21)13-10-16-6-7-17-13/h2-7,10H,8-9H2,1H3,(H,18,21). The van der Waals surface area contributed by atoms with Crippen molar-refractivity contribution in [2.45, 2.75) is 13.5 Å². The molecule has 1 aromatic carbocycles.